The van der Waals surface area contributed by atoms with E-state index in [1.165, 1.54) is 0 Å². The van der Waals surface area contributed by atoms with Gasteiger partial charge in [0, 0.05) is 23.5 Å². The van der Waals surface area contributed by atoms with Crippen molar-refractivity contribution in [2.24, 2.45) is 0 Å². The second kappa shape index (κ2) is 7.90. The number of nitrogens with one attached hydrogen (secondary N) is 3. The van der Waals surface area contributed by atoms with E-state index in [1.54, 1.807) is 27.0 Å². The molecule has 0 saturated heterocycles. The van der Waals surface area contributed by atoms with E-state index in [0.29, 0.717) is 0 Å². The first-order valence-electron chi connectivity index (χ1n) is 8.20. The number of aliphatic carboxylic acids is 1. The number of ether oxygens (including phenoxy) is 1. The van der Waals surface area contributed by atoms with Crippen LogP contribution in [0.15, 0.2) is 30.5 Å². The number of hydrogen-bond donors (Lipinski definition) is 4. The van der Waals surface area contributed by atoms with Gasteiger partial charge in [-0.15, -0.1) is 0 Å². The number of carbonyl (C=O) groups excluding carboxylic acids is 2. The number of aromatic amines is 1. The Morgan fingerprint density at radius 1 is 1.23 bits per heavy atom. The molecule has 0 spiro atoms. The molecule has 2 aromatic rings. The van der Waals surface area contributed by atoms with E-state index >= 15 is 0 Å². The Hall–Kier alpha value is -3.03. The molecule has 0 aliphatic heterocycles. The lowest BCUT2D eigenvalue weighted by atomic mass is 10.0. The fourth-order valence-corrected chi connectivity index (χ4v) is 2.47. The summed E-state index contributed by atoms with van der Waals surface area (Å²) in [5, 5.41) is 14.5. The van der Waals surface area contributed by atoms with Crippen molar-refractivity contribution in [3.63, 3.8) is 0 Å². The lowest BCUT2D eigenvalue weighted by Gasteiger charge is -2.23. The average molecular weight is 361 g/mol. The van der Waals surface area contributed by atoms with E-state index in [-0.39, 0.29) is 6.42 Å². The maximum Gasteiger partial charge on any atom is 0.408 e. The zero-order valence-corrected chi connectivity index (χ0v) is 15.0. The average Bonchev–Trinajstić information content (AvgIpc) is 2.93. The number of rotatable bonds is 6. The molecule has 2 rings (SSSR count). The maximum absolute atomic E-state index is 12.4. The normalized spacial score (nSPS) is 12.4. The Morgan fingerprint density at radius 2 is 1.92 bits per heavy atom. The molecule has 8 heteroatoms. The SMILES string of the molecule is CC(C)(C)OC(=O)N[C@@H](Cc1c[nH]c2ccccc12)C(=O)NCC(=O)O. The first-order valence-corrected chi connectivity index (χ1v) is 8.20. The van der Waals surface area contributed by atoms with E-state index < -0.39 is 36.2 Å². The smallest absolute Gasteiger partial charge is 0.408 e. The summed E-state index contributed by atoms with van der Waals surface area (Å²) >= 11 is 0. The van der Waals surface area contributed by atoms with Gasteiger partial charge in [0.15, 0.2) is 0 Å². The van der Waals surface area contributed by atoms with Gasteiger partial charge in [-0.25, -0.2) is 4.79 Å². The number of para-hydroxylation sites is 1. The predicted octanol–water partition coefficient (Wildman–Crippen LogP) is 1.80. The number of benzene rings is 1. The van der Waals surface area contributed by atoms with Crippen LogP contribution < -0.4 is 10.6 Å². The Morgan fingerprint density at radius 3 is 2.58 bits per heavy atom. The summed E-state index contributed by atoms with van der Waals surface area (Å²) in [6.07, 6.45) is 1.21. The summed E-state index contributed by atoms with van der Waals surface area (Å²) in [6, 6.07) is 6.60. The third kappa shape index (κ3) is 5.51. The second-order valence-corrected chi connectivity index (χ2v) is 6.87. The number of carboxylic acids is 1. The summed E-state index contributed by atoms with van der Waals surface area (Å²) in [4.78, 5) is 38.2. The number of carbonyl (C=O) groups is 3. The number of alkyl carbamates (subject to hydrolysis) is 1. The van der Waals surface area contributed by atoms with Gasteiger partial charge in [-0.1, -0.05) is 18.2 Å². The van der Waals surface area contributed by atoms with Crippen LogP contribution in [-0.4, -0.2) is 46.2 Å². The van der Waals surface area contributed by atoms with Crippen molar-refractivity contribution in [2.75, 3.05) is 6.54 Å². The predicted molar refractivity (Wildman–Crippen MR) is 95.8 cm³/mol. The highest BCUT2D eigenvalue weighted by Crippen LogP contribution is 2.19. The van der Waals surface area contributed by atoms with Gasteiger partial charge in [0.2, 0.25) is 5.91 Å². The van der Waals surface area contributed by atoms with Crippen LogP contribution in [0, 0.1) is 0 Å². The minimum absolute atomic E-state index is 0.189. The van der Waals surface area contributed by atoms with Crippen molar-refractivity contribution in [1.82, 2.24) is 15.6 Å². The molecule has 2 amide bonds. The Bertz CT molecular complexity index is 807. The second-order valence-electron chi connectivity index (χ2n) is 6.87. The van der Waals surface area contributed by atoms with E-state index in [2.05, 4.69) is 15.6 Å². The molecule has 0 bridgehead atoms. The van der Waals surface area contributed by atoms with E-state index in [4.69, 9.17) is 9.84 Å². The first kappa shape index (κ1) is 19.3. The number of H-pyrrole nitrogens is 1. The molecule has 0 radical (unpaired) electrons. The van der Waals surface area contributed by atoms with Crippen molar-refractivity contribution in [3.8, 4) is 0 Å². The summed E-state index contributed by atoms with van der Waals surface area (Å²) < 4.78 is 5.20. The van der Waals surface area contributed by atoms with Gasteiger partial charge >= 0.3 is 12.1 Å². The van der Waals surface area contributed by atoms with Crippen LogP contribution in [0.1, 0.15) is 26.3 Å². The molecular weight excluding hydrogens is 338 g/mol. The van der Waals surface area contributed by atoms with Gasteiger partial charge < -0.3 is 25.5 Å². The van der Waals surface area contributed by atoms with Gasteiger partial charge in [-0.05, 0) is 32.4 Å². The largest absolute Gasteiger partial charge is 0.480 e. The maximum atomic E-state index is 12.4. The molecule has 140 valence electrons. The Labute approximate surface area is 150 Å². The fraction of sp³-hybridized carbons (Fsp3) is 0.389. The minimum Gasteiger partial charge on any atom is -0.480 e. The van der Waals surface area contributed by atoms with Crippen LogP contribution in [0.25, 0.3) is 10.9 Å². The lowest BCUT2D eigenvalue weighted by Crippen LogP contribution is -2.50. The van der Waals surface area contributed by atoms with Crippen LogP contribution in [-0.2, 0) is 20.7 Å². The molecule has 1 aromatic carbocycles. The monoisotopic (exact) mass is 361 g/mol. The standard InChI is InChI=1S/C18H23N3O5/c1-18(2,3)26-17(25)21-14(16(24)20-10-15(22)23)8-11-9-19-13-7-5-4-6-12(11)13/h4-7,9,14,19H,8,10H2,1-3H3,(H,20,24)(H,21,25)(H,22,23)/t14-/m0/s1. The molecule has 1 atom stereocenters. The van der Waals surface area contributed by atoms with Crippen molar-refractivity contribution >= 4 is 28.9 Å². The third-order valence-electron chi connectivity index (χ3n) is 3.52. The van der Waals surface area contributed by atoms with Crippen molar-refractivity contribution in [2.45, 2.75) is 38.8 Å². The van der Waals surface area contributed by atoms with Crippen LogP contribution in [0.2, 0.25) is 0 Å². The Balaban J connectivity index is 2.17. The van der Waals surface area contributed by atoms with E-state index in [0.717, 1.165) is 16.5 Å². The molecule has 4 N–H and O–H groups in total. The number of carboxylic acid groups (broad SMARTS) is 1. The molecule has 0 unspecified atom stereocenters. The van der Waals surface area contributed by atoms with Crippen molar-refractivity contribution in [1.29, 1.82) is 0 Å². The first-order chi connectivity index (χ1) is 12.2. The number of hydrogen-bond acceptors (Lipinski definition) is 4. The van der Waals surface area contributed by atoms with Crippen LogP contribution in [0.4, 0.5) is 4.79 Å². The summed E-state index contributed by atoms with van der Waals surface area (Å²) in [5.41, 5.74) is 1.02. The molecular formula is C18H23N3O5. The van der Waals surface area contributed by atoms with Crippen molar-refractivity contribution < 1.29 is 24.2 Å². The number of amides is 2. The number of fused-ring (bicyclic) bond motifs is 1. The molecule has 0 fully saturated rings. The van der Waals surface area contributed by atoms with Gasteiger partial charge in [0.1, 0.15) is 18.2 Å². The molecule has 8 nitrogen and oxygen atoms in total. The molecule has 0 saturated carbocycles. The van der Waals surface area contributed by atoms with Crippen molar-refractivity contribution in [3.05, 3.63) is 36.0 Å². The van der Waals surface area contributed by atoms with E-state index in [1.807, 2.05) is 24.3 Å². The topological polar surface area (TPSA) is 121 Å². The Kier molecular flexibility index (Phi) is 5.86. The zero-order chi connectivity index (χ0) is 19.3. The van der Waals surface area contributed by atoms with Crippen LogP contribution in [0.5, 0.6) is 0 Å². The molecule has 1 aromatic heterocycles. The fourth-order valence-electron chi connectivity index (χ4n) is 2.47. The van der Waals surface area contributed by atoms with Crippen LogP contribution >= 0.6 is 0 Å². The van der Waals surface area contributed by atoms with Gasteiger partial charge in [0.25, 0.3) is 0 Å². The quantitative estimate of drug-likeness (QED) is 0.625. The summed E-state index contributed by atoms with van der Waals surface area (Å²) in [6.45, 7) is 4.61. The van der Waals surface area contributed by atoms with Gasteiger partial charge in [0.05, 0.1) is 0 Å². The summed E-state index contributed by atoms with van der Waals surface area (Å²) in [7, 11) is 0. The van der Waals surface area contributed by atoms with Crippen LogP contribution in [0.3, 0.4) is 0 Å². The molecule has 26 heavy (non-hydrogen) atoms. The third-order valence-corrected chi connectivity index (χ3v) is 3.52. The molecule has 0 aliphatic carbocycles. The zero-order valence-electron chi connectivity index (χ0n) is 15.0. The number of aromatic nitrogens is 1. The lowest BCUT2D eigenvalue weighted by molar-refractivity contribution is -0.138. The van der Waals surface area contributed by atoms with E-state index in [9.17, 15) is 14.4 Å². The summed E-state index contributed by atoms with van der Waals surface area (Å²) in [5.74, 6) is -1.76. The highest BCUT2D eigenvalue weighted by Gasteiger charge is 2.25. The highest BCUT2D eigenvalue weighted by atomic mass is 16.6. The molecule has 0 aliphatic rings. The van der Waals surface area contributed by atoms with Gasteiger partial charge in [-0.2, -0.15) is 0 Å². The highest BCUT2D eigenvalue weighted by molar-refractivity contribution is 5.89. The van der Waals surface area contributed by atoms with Gasteiger partial charge in [-0.3, -0.25) is 9.59 Å². The molecule has 1 heterocycles. The minimum atomic E-state index is -1.17.